The molecule has 0 spiro atoms. The molecule has 0 aliphatic heterocycles. The molecule has 0 aromatic heterocycles. The zero-order valence-electron chi connectivity index (χ0n) is 15.1. The topological polar surface area (TPSA) is 68.9 Å². The highest BCUT2D eigenvalue weighted by Gasteiger charge is 2.08. The molecule has 0 saturated carbocycles. The van der Waals surface area contributed by atoms with Crippen molar-refractivity contribution in [1.29, 1.82) is 0 Å². The first-order valence-electron chi connectivity index (χ1n) is 8.10. The first kappa shape index (κ1) is 19.1. The van der Waals surface area contributed by atoms with Crippen LogP contribution in [0.4, 0.5) is 0 Å². The van der Waals surface area contributed by atoms with Gasteiger partial charge in [0.05, 0.1) is 14.2 Å². The Balaban J connectivity index is 2.35. The van der Waals surface area contributed by atoms with E-state index >= 15 is 0 Å². The van der Waals surface area contributed by atoms with E-state index in [1.54, 1.807) is 14.2 Å². The molecule has 1 aromatic carbocycles. The highest BCUT2D eigenvalue weighted by Crippen LogP contribution is 2.27. The highest BCUT2D eigenvalue weighted by atomic mass is 16.5. The van der Waals surface area contributed by atoms with Gasteiger partial charge in [0.25, 0.3) is 0 Å². The molecule has 0 amide bonds. The van der Waals surface area contributed by atoms with Crippen LogP contribution < -0.4 is 20.5 Å². The summed E-state index contributed by atoms with van der Waals surface area (Å²) in [6.07, 6.45) is 3.05. The number of nitrogens with zero attached hydrogens (tertiary/aromatic N) is 1. The third-order valence-corrected chi connectivity index (χ3v) is 3.53. The molecule has 0 saturated heterocycles. The van der Waals surface area contributed by atoms with Crippen LogP contribution in [0.3, 0.4) is 0 Å². The molecular weight excluding hydrogens is 290 g/mol. The zero-order valence-corrected chi connectivity index (χ0v) is 15.1. The van der Waals surface area contributed by atoms with Crippen molar-refractivity contribution in [3.8, 4) is 11.5 Å². The lowest BCUT2D eigenvalue weighted by Gasteiger charge is -2.16. The van der Waals surface area contributed by atoms with E-state index in [2.05, 4.69) is 31.1 Å². The minimum Gasteiger partial charge on any atom is -0.493 e. The number of rotatable bonds is 8. The Morgan fingerprint density at radius 2 is 1.87 bits per heavy atom. The average molecular weight is 321 g/mol. The number of nitrogens with two attached hydrogens (primary N) is 1. The molecule has 1 aromatic rings. The van der Waals surface area contributed by atoms with E-state index < -0.39 is 0 Å². The quantitative estimate of drug-likeness (QED) is 0.439. The van der Waals surface area contributed by atoms with Gasteiger partial charge in [0, 0.05) is 13.1 Å². The van der Waals surface area contributed by atoms with Crippen LogP contribution in [0.2, 0.25) is 0 Å². The third kappa shape index (κ3) is 7.77. The molecule has 3 N–H and O–H groups in total. The zero-order chi connectivity index (χ0) is 17.3. The van der Waals surface area contributed by atoms with Crippen molar-refractivity contribution in [2.75, 3.05) is 27.3 Å². The predicted molar refractivity (Wildman–Crippen MR) is 96.4 cm³/mol. The van der Waals surface area contributed by atoms with Gasteiger partial charge in [-0.15, -0.1) is 0 Å². The van der Waals surface area contributed by atoms with Crippen LogP contribution >= 0.6 is 0 Å². The average Bonchev–Trinajstić information content (AvgIpc) is 2.50. The van der Waals surface area contributed by atoms with Crippen LogP contribution in [0.25, 0.3) is 0 Å². The fourth-order valence-electron chi connectivity index (χ4n) is 2.24. The lowest BCUT2D eigenvalue weighted by molar-refractivity contribution is 0.354. The van der Waals surface area contributed by atoms with Gasteiger partial charge in [0.2, 0.25) is 0 Å². The summed E-state index contributed by atoms with van der Waals surface area (Å²) in [4.78, 5) is 4.36. The van der Waals surface area contributed by atoms with Gasteiger partial charge < -0.3 is 20.5 Å². The Kier molecular flexibility index (Phi) is 7.72. The van der Waals surface area contributed by atoms with Crippen molar-refractivity contribution >= 4 is 5.96 Å². The Morgan fingerprint density at radius 3 is 2.48 bits per heavy atom. The van der Waals surface area contributed by atoms with Gasteiger partial charge in [-0.1, -0.05) is 26.8 Å². The number of ether oxygens (including phenoxy) is 2. The molecule has 0 aliphatic rings. The smallest absolute Gasteiger partial charge is 0.188 e. The van der Waals surface area contributed by atoms with E-state index in [4.69, 9.17) is 15.2 Å². The van der Waals surface area contributed by atoms with E-state index in [9.17, 15) is 0 Å². The van der Waals surface area contributed by atoms with Gasteiger partial charge in [0.15, 0.2) is 17.5 Å². The lowest BCUT2D eigenvalue weighted by Crippen LogP contribution is -2.33. The maximum absolute atomic E-state index is 5.88. The number of nitrogens with one attached hydrogen (secondary N) is 1. The van der Waals surface area contributed by atoms with Crippen LogP contribution in [0, 0.1) is 5.41 Å². The monoisotopic (exact) mass is 321 g/mol. The van der Waals surface area contributed by atoms with E-state index in [0.717, 1.165) is 49.4 Å². The summed E-state index contributed by atoms with van der Waals surface area (Å²) in [5.41, 5.74) is 7.40. The van der Waals surface area contributed by atoms with E-state index in [0.29, 0.717) is 11.4 Å². The molecule has 1 rings (SSSR count). The largest absolute Gasteiger partial charge is 0.493 e. The predicted octanol–water partition coefficient (Wildman–Crippen LogP) is 2.98. The maximum atomic E-state index is 5.88. The Labute approximate surface area is 140 Å². The lowest BCUT2D eigenvalue weighted by atomic mass is 9.91. The van der Waals surface area contributed by atoms with Gasteiger partial charge in [-0.25, -0.2) is 0 Å². The van der Waals surface area contributed by atoms with Crippen molar-refractivity contribution < 1.29 is 9.47 Å². The number of hydrogen-bond acceptors (Lipinski definition) is 3. The first-order chi connectivity index (χ1) is 10.9. The molecule has 0 bridgehead atoms. The Morgan fingerprint density at radius 1 is 1.17 bits per heavy atom. The molecule has 23 heavy (non-hydrogen) atoms. The minimum absolute atomic E-state index is 0.352. The van der Waals surface area contributed by atoms with Gasteiger partial charge in [-0.05, 0) is 42.4 Å². The van der Waals surface area contributed by atoms with Crippen molar-refractivity contribution in [2.45, 2.75) is 40.0 Å². The standard InChI is InChI=1S/C18H31N3O2/c1-18(2,3)10-6-11-20-17(19)21-12-9-14-7-8-15(22-4)16(13-14)23-5/h7-8,13H,6,9-12H2,1-5H3,(H3,19,20,21). The normalized spacial score (nSPS) is 12.1. The second kappa shape index (κ2) is 9.28. The summed E-state index contributed by atoms with van der Waals surface area (Å²) in [5, 5.41) is 3.15. The second-order valence-electron chi connectivity index (χ2n) is 6.80. The Hall–Kier alpha value is -1.91. The summed E-state index contributed by atoms with van der Waals surface area (Å²) < 4.78 is 10.5. The van der Waals surface area contributed by atoms with Gasteiger partial charge in [0.1, 0.15) is 0 Å². The van der Waals surface area contributed by atoms with Crippen LogP contribution in [0.5, 0.6) is 11.5 Å². The van der Waals surface area contributed by atoms with Crippen molar-refractivity contribution in [2.24, 2.45) is 16.1 Å². The van der Waals surface area contributed by atoms with Crippen molar-refractivity contribution in [3.63, 3.8) is 0 Å². The molecule has 0 fully saturated rings. The second-order valence-corrected chi connectivity index (χ2v) is 6.80. The molecule has 0 atom stereocenters. The van der Waals surface area contributed by atoms with Crippen LogP contribution in [-0.4, -0.2) is 33.3 Å². The summed E-state index contributed by atoms with van der Waals surface area (Å²) in [5.74, 6) is 2.00. The summed E-state index contributed by atoms with van der Waals surface area (Å²) in [7, 11) is 3.28. The number of hydrogen-bond donors (Lipinski definition) is 2. The van der Waals surface area contributed by atoms with E-state index in [-0.39, 0.29) is 0 Å². The SMILES string of the molecule is COc1ccc(CCNC(N)=NCCCC(C)(C)C)cc1OC. The van der Waals surface area contributed by atoms with Crippen LogP contribution in [0.1, 0.15) is 39.2 Å². The molecule has 0 heterocycles. The third-order valence-electron chi connectivity index (χ3n) is 3.53. The molecule has 0 unspecified atom stereocenters. The number of aliphatic imine (C=N–C) groups is 1. The summed E-state index contributed by atoms with van der Waals surface area (Å²) in [6, 6.07) is 5.93. The number of methoxy groups -OCH3 is 2. The van der Waals surface area contributed by atoms with Gasteiger partial charge in [-0.2, -0.15) is 0 Å². The molecule has 5 heteroatoms. The van der Waals surface area contributed by atoms with Gasteiger partial charge >= 0.3 is 0 Å². The molecule has 0 radical (unpaired) electrons. The number of benzene rings is 1. The van der Waals surface area contributed by atoms with E-state index in [1.807, 2.05) is 18.2 Å². The summed E-state index contributed by atoms with van der Waals surface area (Å²) >= 11 is 0. The minimum atomic E-state index is 0.352. The number of guanidine groups is 1. The fourth-order valence-corrected chi connectivity index (χ4v) is 2.24. The fraction of sp³-hybridized carbons (Fsp3) is 0.611. The molecule has 130 valence electrons. The highest BCUT2D eigenvalue weighted by molar-refractivity contribution is 5.77. The maximum Gasteiger partial charge on any atom is 0.188 e. The first-order valence-corrected chi connectivity index (χ1v) is 8.10. The van der Waals surface area contributed by atoms with Crippen molar-refractivity contribution in [3.05, 3.63) is 23.8 Å². The van der Waals surface area contributed by atoms with Crippen LogP contribution in [-0.2, 0) is 6.42 Å². The van der Waals surface area contributed by atoms with Crippen LogP contribution in [0.15, 0.2) is 23.2 Å². The van der Waals surface area contributed by atoms with Crippen molar-refractivity contribution in [1.82, 2.24) is 5.32 Å². The Bertz CT molecular complexity index is 507. The molecule has 5 nitrogen and oxygen atoms in total. The molecular formula is C18H31N3O2. The van der Waals surface area contributed by atoms with Gasteiger partial charge in [-0.3, -0.25) is 4.99 Å². The summed E-state index contributed by atoms with van der Waals surface area (Å²) in [6.45, 7) is 8.22. The van der Waals surface area contributed by atoms with E-state index in [1.165, 1.54) is 0 Å². The molecule has 0 aliphatic carbocycles.